The molecule has 114 valence electrons. The second-order valence-corrected chi connectivity index (χ2v) is 6.82. The molecule has 0 spiro atoms. The molecule has 0 saturated heterocycles. The van der Waals surface area contributed by atoms with Gasteiger partial charge in [0.1, 0.15) is 11.5 Å². The minimum Gasteiger partial charge on any atom is -0.497 e. The molecule has 0 aliphatic heterocycles. The maximum Gasteiger partial charge on any atom is 0.123 e. The van der Waals surface area contributed by atoms with Crippen LogP contribution in [-0.4, -0.2) is 14.2 Å². The van der Waals surface area contributed by atoms with E-state index in [0.29, 0.717) is 11.3 Å². The molecule has 0 heterocycles. The average Bonchev–Trinajstić information content (AvgIpc) is 2.35. The van der Waals surface area contributed by atoms with Crippen LogP contribution in [0.3, 0.4) is 0 Å². The van der Waals surface area contributed by atoms with Gasteiger partial charge in [0.25, 0.3) is 0 Å². The lowest BCUT2D eigenvalue weighted by atomic mass is 9.82. The van der Waals surface area contributed by atoms with Gasteiger partial charge in [-0.05, 0) is 42.4 Å². The summed E-state index contributed by atoms with van der Waals surface area (Å²) in [5, 5.41) is 0. The van der Waals surface area contributed by atoms with Gasteiger partial charge >= 0.3 is 0 Å². The first-order valence-corrected chi connectivity index (χ1v) is 7.24. The van der Waals surface area contributed by atoms with E-state index in [9.17, 15) is 0 Å². The summed E-state index contributed by atoms with van der Waals surface area (Å²) in [5.41, 5.74) is 7.73. The molecule has 0 amide bonds. The number of benzene rings is 1. The lowest BCUT2D eigenvalue weighted by molar-refractivity contribution is 0.284. The van der Waals surface area contributed by atoms with Gasteiger partial charge < -0.3 is 15.2 Å². The summed E-state index contributed by atoms with van der Waals surface area (Å²) in [7, 11) is 3.34. The van der Waals surface area contributed by atoms with Crippen LogP contribution < -0.4 is 15.2 Å². The molecule has 0 aromatic heterocycles. The van der Waals surface area contributed by atoms with Crippen LogP contribution in [0.5, 0.6) is 11.5 Å². The zero-order chi connectivity index (χ0) is 15.3. The summed E-state index contributed by atoms with van der Waals surface area (Å²) in [6, 6.07) is 5.76. The van der Waals surface area contributed by atoms with Crippen LogP contribution in [0.2, 0.25) is 0 Å². The number of rotatable bonds is 6. The van der Waals surface area contributed by atoms with Crippen molar-refractivity contribution in [1.82, 2.24) is 0 Å². The Labute approximate surface area is 123 Å². The summed E-state index contributed by atoms with van der Waals surface area (Å²) < 4.78 is 10.7. The van der Waals surface area contributed by atoms with Gasteiger partial charge in [-0.2, -0.15) is 0 Å². The van der Waals surface area contributed by atoms with Crippen molar-refractivity contribution in [3.63, 3.8) is 0 Å². The normalized spacial score (nSPS) is 14.8. The summed E-state index contributed by atoms with van der Waals surface area (Å²) >= 11 is 0. The number of nitrogens with two attached hydrogens (primary N) is 1. The number of hydrogen-bond acceptors (Lipinski definition) is 3. The van der Waals surface area contributed by atoms with E-state index in [1.54, 1.807) is 14.2 Å². The zero-order valence-electron chi connectivity index (χ0n) is 13.7. The van der Waals surface area contributed by atoms with Crippen molar-refractivity contribution in [2.75, 3.05) is 14.2 Å². The molecule has 3 nitrogen and oxygen atoms in total. The van der Waals surface area contributed by atoms with Crippen molar-refractivity contribution in [2.24, 2.45) is 17.1 Å². The highest BCUT2D eigenvalue weighted by Crippen LogP contribution is 2.34. The third-order valence-electron chi connectivity index (χ3n) is 3.45. The van der Waals surface area contributed by atoms with Crippen molar-refractivity contribution in [3.05, 3.63) is 23.8 Å². The van der Waals surface area contributed by atoms with Crippen LogP contribution in [-0.2, 0) is 0 Å². The van der Waals surface area contributed by atoms with Crippen LogP contribution in [0, 0.1) is 11.3 Å². The first kappa shape index (κ1) is 16.8. The molecule has 0 bridgehead atoms. The highest BCUT2D eigenvalue weighted by Gasteiger charge is 2.20. The SMILES string of the molecule is COc1ccc(OC)c(C(N)CC(C)CC(C)(C)C)c1. The molecule has 0 saturated carbocycles. The minimum atomic E-state index is -0.0302. The maximum absolute atomic E-state index is 6.38. The summed E-state index contributed by atoms with van der Waals surface area (Å²) in [4.78, 5) is 0. The van der Waals surface area contributed by atoms with Crippen molar-refractivity contribution < 1.29 is 9.47 Å². The van der Waals surface area contributed by atoms with Gasteiger partial charge in [-0.15, -0.1) is 0 Å². The second kappa shape index (κ2) is 6.98. The molecule has 1 rings (SSSR count). The highest BCUT2D eigenvalue weighted by atomic mass is 16.5. The highest BCUT2D eigenvalue weighted by molar-refractivity contribution is 5.42. The van der Waals surface area contributed by atoms with Crippen molar-refractivity contribution in [1.29, 1.82) is 0 Å². The Balaban J connectivity index is 2.82. The molecule has 0 aliphatic carbocycles. The van der Waals surface area contributed by atoms with Gasteiger partial charge in [-0.3, -0.25) is 0 Å². The van der Waals surface area contributed by atoms with Gasteiger partial charge in [0.15, 0.2) is 0 Å². The quantitative estimate of drug-likeness (QED) is 0.850. The molecule has 0 aliphatic rings. The van der Waals surface area contributed by atoms with E-state index in [0.717, 1.165) is 29.9 Å². The van der Waals surface area contributed by atoms with Crippen LogP contribution >= 0.6 is 0 Å². The first-order valence-electron chi connectivity index (χ1n) is 7.24. The number of ether oxygens (including phenoxy) is 2. The molecule has 20 heavy (non-hydrogen) atoms. The first-order chi connectivity index (χ1) is 9.26. The van der Waals surface area contributed by atoms with E-state index in [4.69, 9.17) is 15.2 Å². The lowest BCUT2D eigenvalue weighted by Crippen LogP contribution is -2.18. The van der Waals surface area contributed by atoms with Gasteiger partial charge in [0, 0.05) is 11.6 Å². The van der Waals surface area contributed by atoms with Crippen LogP contribution in [0.25, 0.3) is 0 Å². The minimum absolute atomic E-state index is 0.0302. The summed E-state index contributed by atoms with van der Waals surface area (Å²) in [5.74, 6) is 2.22. The standard InChI is InChI=1S/C17H29NO2/c1-12(11-17(2,3)4)9-15(18)14-10-13(19-5)7-8-16(14)20-6/h7-8,10,12,15H,9,11,18H2,1-6H3. The lowest BCUT2D eigenvalue weighted by Gasteiger charge is -2.26. The molecule has 2 atom stereocenters. The Morgan fingerprint density at radius 3 is 2.30 bits per heavy atom. The molecule has 2 unspecified atom stereocenters. The van der Waals surface area contributed by atoms with Gasteiger partial charge in [0.2, 0.25) is 0 Å². The molecule has 1 aromatic carbocycles. The summed E-state index contributed by atoms with van der Waals surface area (Å²) in [6.45, 7) is 9.06. The Morgan fingerprint density at radius 2 is 1.80 bits per heavy atom. The largest absolute Gasteiger partial charge is 0.497 e. The van der Waals surface area contributed by atoms with E-state index < -0.39 is 0 Å². The van der Waals surface area contributed by atoms with Crippen LogP contribution in [0.4, 0.5) is 0 Å². The van der Waals surface area contributed by atoms with Crippen LogP contribution in [0.15, 0.2) is 18.2 Å². The third-order valence-corrected chi connectivity index (χ3v) is 3.45. The van der Waals surface area contributed by atoms with E-state index in [1.165, 1.54) is 0 Å². The third kappa shape index (κ3) is 5.04. The fraction of sp³-hybridized carbons (Fsp3) is 0.647. The molecule has 0 radical (unpaired) electrons. The van der Waals surface area contributed by atoms with Gasteiger partial charge in [0.05, 0.1) is 14.2 Å². The zero-order valence-corrected chi connectivity index (χ0v) is 13.7. The average molecular weight is 279 g/mol. The fourth-order valence-corrected chi connectivity index (χ4v) is 2.82. The van der Waals surface area contributed by atoms with Crippen molar-refractivity contribution in [2.45, 2.75) is 46.6 Å². The summed E-state index contributed by atoms with van der Waals surface area (Å²) in [6.07, 6.45) is 2.10. The molecule has 0 fully saturated rings. The molecular formula is C17H29NO2. The Bertz CT molecular complexity index is 423. The fourth-order valence-electron chi connectivity index (χ4n) is 2.82. The van der Waals surface area contributed by atoms with E-state index >= 15 is 0 Å². The maximum atomic E-state index is 6.38. The predicted octanol–water partition coefficient (Wildman–Crippen LogP) is 4.17. The van der Waals surface area contributed by atoms with Gasteiger partial charge in [-0.1, -0.05) is 27.7 Å². The Kier molecular flexibility index (Phi) is 5.88. The second-order valence-electron chi connectivity index (χ2n) is 6.82. The van der Waals surface area contributed by atoms with E-state index in [1.807, 2.05) is 18.2 Å². The van der Waals surface area contributed by atoms with Crippen molar-refractivity contribution >= 4 is 0 Å². The topological polar surface area (TPSA) is 44.5 Å². The van der Waals surface area contributed by atoms with Crippen LogP contribution in [0.1, 0.15) is 52.1 Å². The number of methoxy groups -OCH3 is 2. The van der Waals surface area contributed by atoms with Gasteiger partial charge in [-0.25, -0.2) is 0 Å². The van der Waals surface area contributed by atoms with E-state index in [-0.39, 0.29) is 6.04 Å². The van der Waals surface area contributed by atoms with Crippen molar-refractivity contribution in [3.8, 4) is 11.5 Å². The predicted molar refractivity (Wildman–Crippen MR) is 84.3 cm³/mol. The molecule has 2 N–H and O–H groups in total. The Hall–Kier alpha value is -1.22. The molecule has 3 heteroatoms. The monoisotopic (exact) mass is 279 g/mol. The number of hydrogen-bond donors (Lipinski definition) is 1. The smallest absolute Gasteiger partial charge is 0.123 e. The Morgan fingerprint density at radius 1 is 1.15 bits per heavy atom. The molecular weight excluding hydrogens is 250 g/mol. The van der Waals surface area contributed by atoms with E-state index in [2.05, 4.69) is 27.7 Å². The molecule has 1 aromatic rings.